The Kier molecular flexibility index (Phi) is 5.07. The molecule has 0 aliphatic carbocycles. The molecule has 0 bridgehead atoms. The van der Waals surface area contributed by atoms with Crippen LogP contribution in [0.15, 0.2) is 36.2 Å². The highest BCUT2D eigenvalue weighted by atomic mass is 16.5. The molecule has 92 valence electrons. The van der Waals surface area contributed by atoms with Gasteiger partial charge in [-0.1, -0.05) is 30.3 Å². The fourth-order valence-electron chi connectivity index (χ4n) is 1.40. The average molecular weight is 235 g/mol. The number of rotatable bonds is 5. The first-order valence-corrected chi connectivity index (χ1v) is 5.55. The van der Waals surface area contributed by atoms with E-state index in [4.69, 9.17) is 15.2 Å². The summed E-state index contributed by atoms with van der Waals surface area (Å²) in [4.78, 5) is 11.8. The first-order chi connectivity index (χ1) is 8.20. The highest BCUT2D eigenvalue weighted by molar-refractivity contribution is 6.17. The summed E-state index contributed by atoms with van der Waals surface area (Å²) in [6.07, 6.45) is 0. The maximum Gasteiger partial charge on any atom is 0.344 e. The van der Waals surface area contributed by atoms with Crippen LogP contribution in [0.1, 0.15) is 19.4 Å². The van der Waals surface area contributed by atoms with Crippen LogP contribution in [-0.4, -0.2) is 19.2 Å². The largest absolute Gasteiger partial charge is 0.479 e. The van der Waals surface area contributed by atoms with Crippen molar-refractivity contribution in [3.8, 4) is 0 Å². The van der Waals surface area contributed by atoms with E-state index in [1.807, 2.05) is 18.2 Å². The maximum absolute atomic E-state index is 11.8. The number of hydrogen-bond acceptors (Lipinski definition) is 4. The van der Waals surface area contributed by atoms with Crippen LogP contribution in [0.3, 0.4) is 0 Å². The molecule has 0 atom stereocenters. The quantitative estimate of drug-likeness (QED) is 0.481. The number of ether oxygens (including phenoxy) is 2. The van der Waals surface area contributed by atoms with Gasteiger partial charge in [0.15, 0.2) is 5.88 Å². The lowest BCUT2D eigenvalue weighted by Gasteiger charge is -2.11. The van der Waals surface area contributed by atoms with E-state index in [1.165, 1.54) is 0 Å². The number of benzene rings is 1. The third-order valence-electron chi connectivity index (χ3n) is 2.09. The molecule has 0 aliphatic rings. The molecule has 17 heavy (non-hydrogen) atoms. The summed E-state index contributed by atoms with van der Waals surface area (Å²) in [6.45, 7) is 4.26. The van der Waals surface area contributed by atoms with Gasteiger partial charge in [-0.25, -0.2) is 4.79 Å². The van der Waals surface area contributed by atoms with Gasteiger partial charge in [-0.3, -0.25) is 0 Å². The molecule has 0 aliphatic heterocycles. The molecule has 0 fully saturated rings. The van der Waals surface area contributed by atoms with E-state index in [0.717, 1.165) is 0 Å². The summed E-state index contributed by atoms with van der Waals surface area (Å²) < 4.78 is 10.2. The number of esters is 1. The Hall–Kier alpha value is -1.97. The molecule has 0 unspecified atom stereocenters. The average Bonchev–Trinajstić information content (AvgIpc) is 2.31. The van der Waals surface area contributed by atoms with E-state index in [1.54, 1.807) is 26.0 Å². The van der Waals surface area contributed by atoms with Gasteiger partial charge in [0.05, 0.1) is 13.2 Å². The summed E-state index contributed by atoms with van der Waals surface area (Å²) >= 11 is 0. The van der Waals surface area contributed by atoms with E-state index < -0.39 is 5.97 Å². The summed E-state index contributed by atoms with van der Waals surface area (Å²) in [6, 6.07) is 9.10. The van der Waals surface area contributed by atoms with Gasteiger partial charge >= 0.3 is 5.97 Å². The van der Waals surface area contributed by atoms with Crippen molar-refractivity contribution in [1.82, 2.24) is 0 Å². The second kappa shape index (κ2) is 6.58. The molecule has 0 saturated carbocycles. The Bertz CT molecular complexity index is 398. The molecule has 0 saturated heterocycles. The zero-order valence-electron chi connectivity index (χ0n) is 10.1. The Labute approximate surface area is 101 Å². The van der Waals surface area contributed by atoms with Crippen molar-refractivity contribution in [3.63, 3.8) is 0 Å². The monoisotopic (exact) mass is 235 g/mol. The molecule has 1 aromatic rings. The van der Waals surface area contributed by atoms with Gasteiger partial charge in [-0.05, 0) is 19.4 Å². The zero-order chi connectivity index (χ0) is 12.7. The highest BCUT2D eigenvalue weighted by Crippen LogP contribution is 2.18. The Morgan fingerprint density at radius 2 is 1.71 bits per heavy atom. The van der Waals surface area contributed by atoms with Gasteiger partial charge in [0.1, 0.15) is 5.57 Å². The number of hydrogen-bond donors (Lipinski definition) is 1. The van der Waals surface area contributed by atoms with Gasteiger partial charge in [0.25, 0.3) is 0 Å². The number of carbonyl (C=O) groups is 1. The van der Waals surface area contributed by atoms with Crippen LogP contribution in [0.4, 0.5) is 0 Å². The molecular formula is C13H17NO3. The van der Waals surface area contributed by atoms with Gasteiger partial charge in [0.2, 0.25) is 0 Å². The molecule has 0 aromatic heterocycles. The van der Waals surface area contributed by atoms with Gasteiger partial charge in [-0.15, -0.1) is 0 Å². The van der Waals surface area contributed by atoms with E-state index in [-0.39, 0.29) is 11.5 Å². The van der Waals surface area contributed by atoms with Crippen LogP contribution in [-0.2, 0) is 14.3 Å². The molecule has 4 nitrogen and oxygen atoms in total. The predicted molar refractivity (Wildman–Crippen MR) is 65.8 cm³/mol. The van der Waals surface area contributed by atoms with Crippen molar-refractivity contribution in [2.45, 2.75) is 13.8 Å². The highest BCUT2D eigenvalue weighted by Gasteiger charge is 2.18. The molecule has 2 N–H and O–H groups in total. The molecule has 1 aromatic carbocycles. The normalized spacial score (nSPS) is 11.6. The fraction of sp³-hybridized carbons (Fsp3) is 0.308. The third-order valence-corrected chi connectivity index (χ3v) is 2.09. The third kappa shape index (κ3) is 3.52. The standard InChI is InChI=1S/C13H17NO3/c1-3-16-12(14)11(13(15)17-4-2)10-8-6-5-7-9-10/h5-9H,3-4,14H2,1-2H3/b12-11+. The van der Waals surface area contributed by atoms with Gasteiger partial charge < -0.3 is 15.2 Å². The zero-order valence-corrected chi connectivity index (χ0v) is 10.1. The first-order valence-electron chi connectivity index (χ1n) is 5.55. The Morgan fingerprint density at radius 3 is 2.24 bits per heavy atom. The van der Waals surface area contributed by atoms with Crippen LogP contribution < -0.4 is 5.73 Å². The van der Waals surface area contributed by atoms with E-state index >= 15 is 0 Å². The summed E-state index contributed by atoms with van der Waals surface area (Å²) in [7, 11) is 0. The van der Waals surface area contributed by atoms with Crippen LogP contribution in [0.2, 0.25) is 0 Å². The number of nitrogens with two attached hydrogens (primary N) is 1. The molecule has 0 spiro atoms. The molecule has 4 heteroatoms. The van der Waals surface area contributed by atoms with Gasteiger partial charge in [-0.2, -0.15) is 0 Å². The minimum atomic E-state index is -0.468. The van der Waals surface area contributed by atoms with Crippen molar-refractivity contribution in [1.29, 1.82) is 0 Å². The smallest absolute Gasteiger partial charge is 0.344 e. The first kappa shape index (κ1) is 13.1. The van der Waals surface area contributed by atoms with Gasteiger partial charge in [0, 0.05) is 0 Å². The van der Waals surface area contributed by atoms with Crippen LogP contribution in [0.25, 0.3) is 5.57 Å². The molecule has 0 heterocycles. The van der Waals surface area contributed by atoms with E-state index in [0.29, 0.717) is 18.8 Å². The van der Waals surface area contributed by atoms with Crippen LogP contribution in [0.5, 0.6) is 0 Å². The predicted octanol–water partition coefficient (Wildman–Crippen LogP) is 1.91. The molecule has 0 radical (unpaired) electrons. The van der Waals surface area contributed by atoms with Crippen LogP contribution >= 0.6 is 0 Å². The summed E-state index contributed by atoms with van der Waals surface area (Å²) in [5, 5.41) is 0. The Morgan fingerprint density at radius 1 is 1.12 bits per heavy atom. The lowest BCUT2D eigenvalue weighted by molar-refractivity contribution is -0.136. The summed E-state index contributed by atoms with van der Waals surface area (Å²) in [5.74, 6) is -0.373. The van der Waals surface area contributed by atoms with Crippen molar-refractivity contribution in [2.24, 2.45) is 5.73 Å². The lowest BCUT2D eigenvalue weighted by Crippen LogP contribution is -2.15. The second-order valence-electron chi connectivity index (χ2n) is 3.26. The van der Waals surface area contributed by atoms with E-state index in [9.17, 15) is 4.79 Å². The SMILES string of the molecule is CCOC(=O)/C(=C(\N)OCC)c1ccccc1. The van der Waals surface area contributed by atoms with Crippen LogP contribution in [0, 0.1) is 0 Å². The fourth-order valence-corrected chi connectivity index (χ4v) is 1.40. The Balaban J connectivity index is 3.11. The maximum atomic E-state index is 11.8. The van der Waals surface area contributed by atoms with Crippen molar-refractivity contribution >= 4 is 11.5 Å². The van der Waals surface area contributed by atoms with Crippen molar-refractivity contribution in [3.05, 3.63) is 41.8 Å². The van der Waals surface area contributed by atoms with Crippen molar-refractivity contribution < 1.29 is 14.3 Å². The molecule has 0 amide bonds. The summed E-state index contributed by atoms with van der Waals surface area (Å²) in [5.41, 5.74) is 6.71. The molecular weight excluding hydrogens is 218 g/mol. The minimum Gasteiger partial charge on any atom is -0.479 e. The lowest BCUT2D eigenvalue weighted by atomic mass is 10.1. The van der Waals surface area contributed by atoms with E-state index in [2.05, 4.69) is 0 Å². The number of carbonyl (C=O) groups excluding carboxylic acids is 1. The second-order valence-corrected chi connectivity index (χ2v) is 3.26. The topological polar surface area (TPSA) is 61.5 Å². The van der Waals surface area contributed by atoms with Crippen molar-refractivity contribution in [2.75, 3.05) is 13.2 Å². The minimum absolute atomic E-state index is 0.0946. The molecule has 1 rings (SSSR count).